The molecule has 168 valence electrons. The summed E-state index contributed by atoms with van der Waals surface area (Å²) in [5.74, 6) is 1.02. The summed E-state index contributed by atoms with van der Waals surface area (Å²) in [6.45, 7) is 0.710. The highest BCUT2D eigenvalue weighted by Gasteiger charge is 2.52. The molecule has 5 heteroatoms. The molecule has 2 fully saturated rings. The lowest BCUT2D eigenvalue weighted by atomic mass is 9.78. The van der Waals surface area contributed by atoms with Crippen LogP contribution in [0.1, 0.15) is 42.0 Å². The number of benzene rings is 3. The largest absolute Gasteiger partial charge is 0.497 e. The molecule has 3 aliphatic heterocycles. The lowest BCUT2D eigenvalue weighted by Crippen LogP contribution is -2.67. The first kappa shape index (κ1) is 20.3. The van der Waals surface area contributed by atoms with Gasteiger partial charge in [-0.05, 0) is 65.3 Å². The normalized spacial score (nSPS) is 23.8. The maximum Gasteiger partial charge on any atom is 0.245 e. The third-order valence-corrected chi connectivity index (χ3v) is 7.74. The van der Waals surface area contributed by atoms with Gasteiger partial charge < -0.3 is 14.5 Å². The third kappa shape index (κ3) is 3.21. The Labute approximate surface area is 193 Å². The summed E-state index contributed by atoms with van der Waals surface area (Å²) in [5, 5.41) is 2.25. The van der Waals surface area contributed by atoms with Crippen LogP contribution in [-0.2, 0) is 22.4 Å². The quantitative estimate of drug-likeness (QED) is 0.611. The Morgan fingerprint density at radius 2 is 1.91 bits per heavy atom. The van der Waals surface area contributed by atoms with E-state index in [-0.39, 0.29) is 29.9 Å². The monoisotopic (exact) mass is 440 g/mol. The number of piperidine rings is 1. The molecule has 3 aliphatic rings. The fraction of sp³-hybridized carbons (Fsp3) is 0.357. The Bertz CT molecular complexity index is 1250. The number of piperazine rings is 1. The third-order valence-electron chi connectivity index (χ3n) is 7.74. The van der Waals surface area contributed by atoms with Crippen molar-refractivity contribution in [3.05, 3.63) is 77.4 Å². The second kappa shape index (κ2) is 7.91. The second-order valence-corrected chi connectivity index (χ2v) is 9.42. The van der Waals surface area contributed by atoms with Gasteiger partial charge in [0.25, 0.3) is 0 Å². The van der Waals surface area contributed by atoms with Crippen molar-refractivity contribution in [3.8, 4) is 5.75 Å². The van der Waals surface area contributed by atoms with E-state index in [0.717, 1.165) is 47.8 Å². The van der Waals surface area contributed by atoms with E-state index in [1.54, 1.807) is 7.11 Å². The van der Waals surface area contributed by atoms with Gasteiger partial charge in [-0.15, -0.1) is 0 Å². The number of nitrogens with zero attached hydrogens (tertiary/aromatic N) is 2. The first-order valence-corrected chi connectivity index (χ1v) is 11.9. The Morgan fingerprint density at radius 1 is 1.06 bits per heavy atom. The lowest BCUT2D eigenvalue weighted by molar-refractivity contribution is -0.166. The molecule has 0 spiro atoms. The molecule has 33 heavy (non-hydrogen) atoms. The zero-order valence-electron chi connectivity index (χ0n) is 18.9. The van der Waals surface area contributed by atoms with Crippen molar-refractivity contribution >= 4 is 22.6 Å². The highest BCUT2D eigenvalue weighted by Crippen LogP contribution is 2.45. The van der Waals surface area contributed by atoms with Crippen LogP contribution in [0.5, 0.6) is 5.75 Å². The first-order chi connectivity index (χ1) is 16.2. The van der Waals surface area contributed by atoms with Gasteiger partial charge in [0, 0.05) is 6.54 Å². The Morgan fingerprint density at radius 3 is 2.79 bits per heavy atom. The number of methoxy groups -OCH3 is 1. The molecule has 3 aromatic rings. The average Bonchev–Trinajstić information content (AvgIpc) is 2.86. The summed E-state index contributed by atoms with van der Waals surface area (Å²) in [4.78, 5) is 31.4. The summed E-state index contributed by atoms with van der Waals surface area (Å²) in [6.07, 6.45) is 3.82. The molecule has 2 saturated heterocycles. The minimum atomic E-state index is -0.331. The van der Waals surface area contributed by atoms with Crippen LogP contribution < -0.4 is 4.74 Å². The van der Waals surface area contributed by atoms with E-state index in [1.165, 1.54) is 11.1 Å². The smallest absolute Gasteiger partial charge is 0.245 e. The van der Waals surface area contributed by atoms with Crippen LogP contribution >= 0.6 is 0 Å². The molecule has 0 saturated carbocycles. The van der Waals surface area contributed by atoms with E-state index >= 15 is 0 Å². The van der Waals surface area contributed by atoms with E-state index < -0.39 is 0 Å². The van der Waals surface area contributed by atoms with Gasteiger partial charge in [-0.25, -0.2) is 0 Å². The molecule has 0 aliphatic carbocycles. The number of ether oxygens (including phenoxy) is 1. The molecule has 0 radical (unpaired) electrons. The fourth-order valence-electron chi connectivity index (χ4n) is 6.26. The molecular formula is C28H28N2O3. The van der Waals surface area contributed by atoms with E-state index in [9.17, 15) is 9.59 Å². The minimum absolute atomic E-state index is 0.0244. The van der Waals surface area contributed by atoms with Crippen LogP contribution in [0.2, 0.25) is 0 Å². The van der Waals surface area contributed by atoms with E-state index in [0.29, 0.717) is 13.0 Å². The lowest BCUT2D eigenvalue weighted by Gasteiger charge is -2.55. The van der Waals surface area contributed by atoms with Gasteiger partial charge in [0.1, 0.15) is 11.8 Å². The van der Waals surface area contributed by atoms with Gasteiger partial charge in [-0.3, -0.25) is 9.59 Å². The molecule has 3 aromatic carbocycles. The summed E-state index contributed by atoms with van der Waals surface area (Å²) in [5.41, 5.74) is 3.43. The average molecular weight is 441 g/mol. The van der Waals surface area contributed by atoms with E-state index in [2.05, 4.69) is 30.3 Å². The van der Waals surface area contributed by atoms with Crippen LogP contribution in [0.25, 0.3) is 10.8 Å². The van der Waals surface area contributed by atoms with Gasteiger partial charge in [0.15, 0.2) is 0 Å². The van der Waals surface area contributed by atoms with E-state index in [1.807, 2.05) is 40.1 Å². The van der Waals surface area contributed by atoms with Gasteiger partial charge in [-0.1, -0.05) is 48.5 Å². The SMILES string of the molecule is COc1ccc2c(c1)CCN1C(=O)C3CCCC(C21)N3C(=O)Cc1cccc2ccccc12. The Kier molecular flexibility index (Phi) is 4.86. The van der Waals surface area contributed by atoms with Crippen molar-refractivity contribution in [1.82, 2.24) is 9.80 Å². The molecule has 0 aromatic heterocycles. The molecule has 2 bridgehead atoms. The number of fused-ring (bicyclic) bond motifs is 7. The first-order valence-electron chi connectivity index (χ1n) is 11.9. The van der Waals surface area contributed by atoms with Crippen LogP contribution in [0, 0.1) is 0 Å². The molecule has 3 atom stereocenters. The Hall–Kier alpha value is -3.34. The molecule has 5 nitrogen and oxygen atoms in total. The van der Waals surface area contributed by atoms with E-state index in [4.69, 9.17) is 4.74 Å². The predicted molar refractivity (Wildman–Crippen MR) is 127 cm³/mol. The van der Waals surface area contributed by atoms with Gasteiger partial charge in [0.05, 0.1) is 25.6 Å². The Balaban J connectivity index is 1.37. The number of rotatable bonds is 3. The molecular weight excluding hydrogens is 412 g/mol. The topological polar surface area (TPSA) is 49.9 Å². The maximum absolute atomic E-state index is 13.8. The second-order valence-electron chi connectivity index (χ2n) is 9.42. The molecule has 2 amide bonds. The van der Waals surface area contributed by atoms with Crippen molar-refractivity contribution in [2.45, 2.75) is 50.2 Å². The summed E-state index contributed by atoms with van der Waals surface area (Å²) in [6, 6.07) is 20.1. The number of carbonyl (C=O) groups excluding carboxylic acids is 2. The molecule has 3 heterocycles. The molecule has 6 rings (SSSR count). The number of amides is 2. The van der Waals surface area contributed by atoms with Crippen molar-refractivity contribution in [3.63, 3.8) is 0 Å². The van der Waals surface area contributed by atoms with Crippen LogP contribution in [0.4, 0.5) is 0 Å². The number of hydrogen-bond acceptors (Lipinski definition) is 3. The van der Waals surface area contributed by atoms with Gasteiger partial charge >= 0.3 is 0 Å². The summed E-state index contributed by atoms with van der Waals surface area (Å²) >= 11 is 0. The molecule has 3 unspecified atom stereocenters. The van der Waals surface area contributed by atoms with Crippen LogP contribution in [-0.4, -0.2) is 47.4 Å². The number of carbonyl (C=O) groups is 2. The molecule has 0 N–H and O–H groups in total. The predicted octanol–water partition coefficient (Wildman–Crippen LogP) is 4.28. The zero-order chi connectivity index (χ0) is 22.5. The fourth-order valence-corrected chi connectivity index (χ4v) is 6.26. The summed E-state index contributed by atoms with van der Waals surface area (Å²) in [7, 11) is 1.68. The van der Waals surface area contributed by atoms with Crippen molar-refractivity contribution < 1.29 is 14.3 Å². The summed E-state index contributed by atoms with van der Waals surface area (Å²) < 4.78 is 5.43. The highest BCUT2D eigenvalue weighted by molar-refractivity contribution is 5.94. The van der Waals surface area contributed by atoms with Crippen LogP contribution in [0.3, 0.4) is 0 Å². The minimum Gasteiger partial charge on any atom is -0.497 e. The maximum atomic E-state index is 13.8. The van der Waals surface area contributed by atoms with Gasteiger partial charge in [0.2, 0.25) is 11.8 Å². The van der Waals surface area contributed by atoms with Gasteiger partial charge in [-0.2, -0.15) is 0 Å². The standard InChI is InChI=1S/C28H28N2O3/c1-33-21-12-13-23-20(16-21)14-15-29-27(23)24-10-5-11-25(28(29)32)30(24)26(31)17-19-8-4-7-18-6-2-3-9-22(18)19/h2-4,6-9,12-13,16,24-25,27H,5,10-11,14-15,17H2,1H3. The zero-order valence-corrected chi connectivity index (χ0v) is 18.9. The highest BCUT2D eigenvalue weighted by atomic mass is 16.5. The van der Waals surface area contributed by atoms with Crippen molar-refractivity contribution in [1.29, 1.82) is 0 Å². The number of hydrogen-bond donors (Lipinski definition) is 0. The van der Waals surface area contributed by atoms with Crippen molar-refractivity contribution in [2.75, 3.05) is 13.7 Å². The van der Waals surface area contributed by atoms with Crippen molar-refractivity contribution in [2.24, 2.45) is 0 Å². The van der Waals surface area contributed by atoms with Crippen LogP contribution in [0.15, 0.2) is 60.7 Å².